The van der Waals surface area contributed by atoms with Crippen LogP contribution in [-0.4, -0.2) is 25.3 Å². The van der Waals surface area contributed by atoms with Crippen molar-refractivity contribution in [1.29, 1.82) is 0 Å². The van der Waals surface area contributed by atoms with E-state index in [0.29, 0.717) is 17.7 Å². The molecule has 3 nitrogen and oxygen atoms in total. The van der Waals surface area contributed by atoms with Gasteiger partial charge in [-0.1, -0.05) is 0 Å². The lowest BCUT2D eigenvalue weighted by Gasteiger charge is -2.40. The number of benzene rings is 1. The molecular weight excluding hydrogens is 255 g/mol. The predicted octanol–water partition coefficient (Wildman–Crippen LogP) is 2.91. The Kier molecular flexibility index (Phi) is 3.69. The number of hydrogen-bond donors (Lipinski definition) is 1. The first kappa shape index (κ1) is 13.8. The molecule has 110 valence electrons. The smallest absolute Gasteiger partial charge is 0.126 e. The van der Waals surface area contributed by atoms with Gasteiger partial charge < -0.3 is 15.4 Å². The molecule has 2 unspecified atom stereocenters. The number of rotatable bonds is 2. The average Bonchev–Trinajstić information content (AvgIpc) is 2.89. The Bertz CT molecular complexity index is 503. The largest absolute Gasteiger partial charge is 0.374 e. The van der Waals surface area contributed by atoms with Crippen molar-refractivity contribution in [2.75, 3.05) is 18.1 Å². The Morgan fingerprint density at radius 1 is 1.40 bits per heavy atom. The lowest BCUT2D eigenvalue weighted by molar-refractivity contribution is 0.0255. The van der Waals surface area contributed by atoms with Gasteiger partial charge in [-0.3, -0.25) is 0 Å². The van der Waals surface area contributed by atoms with Gasteiger partial charge in [0, 0.05) is 18.3 Å². The molecule has 4 heteroatoms. The summed E-state index contributed by atoms with van der Waals surface area (Å²) in [7, 11) is 0. The summed E-state index contributed by atoms with van der Waals surface area (Å²) >= 11 is 0. The van der Waals surface area contributed by atoms with Gasteiger partial charge in [0.1, 0.15) is 5.82 Å². The van der Waals surface area contributed by atoms with Crippen molar-refractivity contribution in [3.63, 3.8) is 0 Å². The van der Waals surface area contributed by atoms with Crippen LogP contribution in [-0.2, 0) is 4.74 Å². The molecule has 1 saturated carbocycles. The standard InChI is InChI=1S/C16H23FN2O/c1-10-8-15(12(11(2)18)9-13(10)17)19-6-7-20-16-5-3-4-14(16)19/h8-9,11,14,16H,3-7,18H2,1-2H3/t11-,14?,16?/m0/s1. The van der Waals surface area contributed by atoms with Crippen LogP contribution in [0.5, 0.6) is 0 Å². The summed E-state index contributed by atoms with van der Waals surface area (Å²) in [5, 5.41) is 0. The zero-order valence-electron chi connectivity index (χ0n) is 12.2. The zero-order chi connectivity index (χ0) is 14.3. The van der Waals surface area contributed by atoms with Gasteiger partial charge in [0.05, 0.1) is 18.8 Å². The Morgan fingerprint density at radius 3 is 2.95 bits per heavy atom. The highest BCUT2D eigenvalue weighted by Gasteiger charge is 2.37. The molecule has 20 heavy (non-hydrogen) atoms. The molecule has 0 radical (unpaired) electrons. The van der Waals surface area contributed by atoms with Crippen molar-refractivity contribution in [3.05, 3.63) is 29.1 Å². The molecule has 1 aliphatic carbocycles. The Morgan fingerprint density at radius 2 is 2.20 bits per heavy atom. The highest BCUT2D eigenvalue weighted by Crippen LogP contribution is 2.37. The molecule has 2 fully saturated rings. The van der Waals surface area contributed by atoms with Crippen LogP contribution in [0.25, 0.3) is 0 Å². The topological polar surface area (TPSA) is 38.5 Å². The number of ether oxygens (including phenoxy) is 1. The van der Waals surface area contributed by atoms with Crippen LogP contribution in [0.3, 0.4) is 0 Å². The van der Waals surface area contributed by atoms with Crippen molar-refractivity contribution in [3.8, 4) is 0 Å². The van der Waals surface area contributed by atoms with E-state index in [1.54, 1.807) is 6.07 Å². The summed E-state index contributed by atoms with van der Waals surface area (Å²) in [6.45, 7) is 5.35. The number of fused-ring (bicyclic) bond motifs is 1. The fraction of sp³-hybridized carbons (Fsp3) is 0.625. The van der Waals surface area contributed by atoms with Crippen molar-refractivity contribution < 1.29 is 9.13 Å². The first-order chi connectivity index (χ1) is 9.58. The molecule has 1 saturated heterocycles. The van der Waals surface area contributed by atoms with Crippen molar-refractivity contribution in [2.45, 2.75) is 51.3 Å². The summed E-state index contributed by atoms with van der Waals surface area (Å²) < 4.78 is 19.7. The molecule has 0 amide bonds. The lowest BCUT2D eigenvalue weighted by Crippen LogP contribution is -2.49. The van der Waals surface area contributed by atoms with E-state index >= 15 is 0 Å². The van der Waals surface area contributed by atoms with E-state index in [0.717, 1.165) is 37.2 Å². The summed E-state index contributed by atoms with van der Waals surface area (Å²) in [6, 6.07) is 3.82. The van der Waals surface area contributed by atoms with Gasteiger partial charge in [0.15, 0.2) is 0 Å². The van der Waals surface area contributed by atoms with Gasteiger partial charge in [-0.25, -0.2) is 4.39 Å². The number of halogens is 1. The molecule has 3 atom stereocenters. The molecule has 1 aromatic carbocycles. The summed E-state index contributed by atoms with van der Waals surface area (Å²) in [6.07, 6.45) is 3.82. The second-order valence-electron chi connectivity index (χ2n) is 6.05. The van der Waals surface area contributed by atoms with E-state index in [-0.39, 0.29) is 11.9 Å². The van der Waals surface area contributed by atoms with Gasteiger partial charge in [0.2, 0.25) is 0 Å². The maximum atomic E-state index is 13.9. The number of morpholine rings is 1. The molecule has 1 heterocycles. The van der Waals surface area contributed by atoms with Gasteiger partial charge in [-0.15, -0.1) is 0 Å². The Labute approximate surface area is 119 Å². The van der Waals surface area contributed by atoms with E-state index in [4.69, 9.17) is 10.5 Å². The van der Waals surface area contributed by atoms with Crippen molar-refractivity contribution in [2.24, 2.45) is 5.73 Å². The molecule has 0 bridgehead atoms. The maximum Gasteiger partial charge on any atom is 0.126 e. The number of aryl methyl sites for hydroxylation is 1. The van der Waals surface area contributed by atoms with Gasteiger partial charge in [-0.2, -0.15) is 0 Å². The van der Waals surface area contributed by atoms with Crippen LogP contribution in [0.2, 0.25) is 0 Å². The molecule has 3 rings (SSSR count). The summed E-state index contributed by atoms with van der Waals surface area (Å²) in [5.41, 5.74) is 8.74. The maximum absolute atomic E-state index is 13.9. The third kappa shape index (κ3) is 2.31. The molecule has 0 spiro atoms. The second-order valence-corrected chi connectivity index (χ2v) is 6.05. The fourth-order valence-corrected chi connectivity index (χ4v) is 3.52. The second kappa shape index (κ2) is 5.34. The predicted molar refractivity (Wildman–Crippen MR) is 78.5 cm³/mol. The van der Waals surface area contributed by atoms with Crippen molar-refractivity contribution in [1.82, 2.24) is 0 Å². The Hall–Kier alpha value is -1.13. The quantitative estimate of drug-likeness (QED) is 0.904. The highest BCUT2D eigenvalue weighted by molar-refractivity contribution is 5.58. The fourth-order valence-electron chi connectivity index (χ4n) is 3.52. The minimum Gasteiger partial charge on any atom is -0.374 e. The van der Waals surface area contributed by atoms with E-state index in [1.165, 1.54) is 6.42 Å². The SMILES string of the molecule is Cc1cc(N2CCOC3CCCC32)c([C@H](C)N)cc1F. The lowest BCUT2D eigenvalue weighted by atomic mass is 10.00. The molecule has 2 N–H and O–H groups in total. The molecule has 0 aromatic heterocycles. The number of nitrogens with zero attached hydrogens (tertiary/aromatic N) is 1. The molecule has 1 aliphatic heterocycles. The van der Waals surface area contributed by atoms with Crippen LogP contribution in [0.4, 0.5) is 10.1 Å². The van der Waals surface area contributed by atoms with Crippen LogP contribution < -0.4 is 10.6 Å². The van der Waals surface area contributed by atoms with Crippen LogP contribution in [0.1, 0.15) is 43.4 Å². The molecular formula is C16H23FN2O. The van der Waals surface area contributed by atoms with Gasteiger partial charge in [-0.05, 0) is 56.4 Å². The van der Waals surface area contributed by atoms with E-state index < -0.39 is 0 Å². The van der Waals surface area contributed by atoms with Crippen LogP contribution in [0, 0.1) is 12.7 Å². The van der Waals surface area contributed by atoms with Crippen LogP contribution >= 0.6 is 0 Å². The Balaban J connectivity index is 2.01. The average molecular weight is 278 g/mol. The van der Waals surface area contributed by atoms with E-state index in [2.05, 4.69) is 4.90 Å². The van der Waals surface area contributed by atoms with Gasteiger partial charge >= 0.3 is 0 Å². The number of anilines is 1. The molecule has 2 aliphatic rings. The normalized spacial score (nSPS) is 27.5. The van der Waals surface area contributed by atoms with E-state index in [9.17, 15) is 4.39 Å². The molecule has 1 aromatic rings. The summed E-state index contributed by atoms with van der Waals surface area (Å²) in [4.78, 5) is 2.40. The minimum atomic E-state index is -0.169. The summed E-state index contributed by atoms with van der Waals surface area (Å²) in [5.74, 6) is -0.169. The van der Waals surface area contributed by atoms with Gasteiger partial charge in [0.25, 0.3) is 0 Å². The third-order valence-electron chi connectivity index (χ3n) is 4.59. The highest BCUT2D eigenvalue weighted by atomic mass is 19.1. The van der Waals surface area contributed by atoms with Crippen LogP contribution in [0.15, 0.2) is 12.1 Å². The minimum absolute atomic E-state index is 0.164. The first-order valence-corrected chi connectivity index (χ1v) is 7.52. The number of nitrogens with two attached hydrogens (primary N) is 1. The first-order valence-electron chi connectivity index (χ1n) is 7.52. The third-order valence-corrected chi connectivity index (χ3v) is 4.59. The van der Waals surface area contributed by atoms with Crippen molar-refractivity contribution >= 4 is 5.69 Å². The zero-order valence-corrected chi connectivity index (χ0v) is 12.2. The number of hydrogen-bond acceptors (Lipinski definition) is 3. The monoisotopic (exact) mass is 278 g/mol. The van der Waals surface area contributed by atoms with E-state index in [1.807, 2.05) is 19.9 Å².